The van der Waals surface area contributed by atoms with Crippen LogP contribution in [0.15, 0.2) is 23.1 Å². The van der Waals surface area contributed by atoms with Gasteiger partial charge in [-0.15, -0.1) is 0 Å². The van der Waals surface area contributed by atoms with Crippen LogP contribution in [0.1, 0.15) is 6.42 Å². The fourth-order valence-electron chi connectivity index (χ4n) is 2.09. The smallest absolute Gasteiger partial charge is 0.242 e. The van der Waals surface area contributed by atoms with Crippen LogP contribution < -0.4 is 15.4 Å². The SMILES string of the molecule is CNS(=O)(=O)c1ccc(N2CCCSCC2)cc1N. The van der Waals surface area contributed by atoms with E-state index >= 15 is 0 Å². The Morgan fingerprint density at radius 2 is 2.11 bits per heavy atom. The number of nitrogens with two attached hydrogens (primary N) is 1. The third-order valence-electron chi connectivity index (χ3n) is 3.14. The van der Waals surface area contributed by atoms with Gasteiger partial charge in [0.1, 0.15) is 4.90 Å². The lowest BCUT2D eigenvalue weighted by Gasteiger charge is -2.23. The molecule has 5 nitrogen and oxygen atoms in total. The molecule has 106 valence electrons. The van der Waals surface area contributed by atoms with E-state index in [9.17, 15) is 8.42 Å². The zero-order valence-electron chi connectivity index (χ0n) is 10.9. The van der Waals surface area contributed by atoms with Gasteiger partial charge in [-0.3, -0.25) is 0 Å². The Morgan fingerprint density at radius 1 is 1.32 bits per heavy atom. The molecule has 0 radical (unpaired) electrons. The molecule has 1 aromatic rings. The molecule has 2 rings (SSSR count). The molecule has 19 heavy (non-hydrogen) atoms. The highest BCUT2D eigenvalue weighted by Gasteiger charge is 2.17. The summed E-state index contributed by atoms with van der Waals surface area (Å²) in [6, 6.07) is 5.16. The van der Waals surface area contributed by atoms with Crippen molar-refractivity contribution in [1.82, 2.24) is 4.72 Å². The summed E-state index contributed by atoms with van der Waals surface area (Å²) in [5.41, 5.74) is 7.17. The van der Waals surface area contributed by atoms with Crippen molar-refractivity contribution in [2.45, 2.75) is 11.3 Å². The molecule has 1 saturated heterocycles. The first-order valence-corrected chi connectivity index (χ1v) is 8.84. The third-order valence-corrected chi connectivity index (χ3v) is 5.68. The van der Waals surface area contributed by atoms with Crippen LogP contribution >= 0.6 is 11.8 Å². The molecular weight excluding hydrogens is 282 g/mol. The van der Waals surface area contributed by atoms with Crippen molar-refractivity contribution in [3.63, 3.8) is 0 Å². The maximum Gasteiger partial charge on any atom is 0.242 e. The molecule has 1 fully saturated rings. The van der Waals surface area contributed by atoms with Crippen LogP contribution in [0.3, 0.4) is 0 Å². The van der Waals surface area contributed by atoms with E-state index in [1.165, 1.54) is 12.8 Å². The fraction of sp³-hybridized carbons (Fsp3) is 0.500. The molecule has 0 bridgehead atoms. The number of hydrogen-bond acceptors (Lipinski definition) is 5. The number of nitrogen functional groups attached to an aromatic ring is 1. The normalized spacial score (nSPS) is 17.2. The van der Waals surface area contributed by atoms with Crippen LogP contribution in [0.5, 0.6) is 0 Å². The van der Waals surface area contributed by atoms with E-state index in [1.54, 1.807) is 12.1 Å². The van der Waals surface area contributed by atoms with E-state index in [-0.39, 0.29) is 4.90 Å². The Hall–Kier alpha value is -0.920. The van der Waals surface area contributed by atoms with E-state index in [0.29, 0.717) is 5.69 Å². The number of rotatable bonds is 3. The lowest BCUT2D eigenvalue weighted by atomic mass is 10.2. The largest absolute Gasteiger partial charge is 0.398 e. The van der Waals surface area contributed by atoms with E-state index in [0.717, 1.165) is 31.0 Å². The van der Waals surface area contributed by atoms with Gasteiger partial charge in [-0.2, -0.15) is 11.8 Å². The molecule has 0 amide bonds. The number of nitrogens with one attached hydrogen (secondary N) is 1. The first-order valence-electron chi connectivity index (χ1n) is 6.20. The first kappa shape index (κ1) is 14.5. The van der Waals surface area contributed by atoms with Crippen LogP contribution in [-0.4, -0.2) is 40.1 Å². The number of benzene rings is 1. The summed E-state index contributed by atoms with van der Waals surface area (Å²) in [5.74, 6) is 2.27. The van der Waals surface area contributed by atoms with Crippen molar-refractivity contribution in [3.8, 4) is 0 Å². The minimum Gasteiger partial charge on any atom is -0.398 e. The van der Waals surface area contributed by atoms with Gasteiger partial charge < -0.3 is 10.6 Å². The van der Waals surface area contributed by atoms with Crippen LogP contribution in [0, 0.1) is 0 Å². The van der Waals surface area contributed by atoms with Gasteiger partial charge in [0.05, 0.1) is 5.69 Å². The summed E-state index contributed by atoms with van der Waals surface area (Å²) in [4.78, 5) is 2.40. The average Bonchev–Trinajstić information content (AvgIpc) is 2.67. The highest BCUT2D eigenvalue weighted by molar-refractivity contribution is 7.99. The third kappa shape index (κ3) is 3.34. The lowest BCUT2D eigenvalue weighted by Crippen LogP contribution is -2.26. The summed E-state index contributed by atoms with van der Waals surface area (Å²) in [6.45, 7) is 1.97. The molecule has 7 heteroatoms. The minimum atomic E-state index is -3.48. The topological polar surface area (TPSA) is 75.4 Å². The van der Waals surface area contributed by atoms with Crippen molar-refractivity contribution in [2.75, 3.05) is 42.3 Å². The van der Waals surface area contributed by atoms with E-state index < -0.39 is 10.0 Å². The van der Waals surface area contributed by atoms with Crippen molar-refractivity contribution in [1.29, 1.82) is 0 Å². The summed E-state index contributed by atoms with van der Waals surface area (Å²) >= 11 is 1.95. The minimum absolute atomic E-state index is 0.142. The predicted molar refractivity (Wildman–Crippen MR) is 81.3 cm³/mol. The van der Waals surface area contributed by atoms with Crippen LogP contribution in [0.2, 0.25) is 0 Å². The highest BCUT2D eigenvalue weighted by atomic mass is 32.2. The summed E-state index contributed by atoms with van der Waals surface area (Å²) in [6.07, 6.45) is 1.14. The second-order valence-corrected chi connectivity index (χ2v) is 7.46. The van der Waals surface area contributed by atoms with Crippen LogP contribution in [0.25, 0.3) is 0 Å². The zero-order valence-corrected chi connectivity index (χ0v) is 12.6. The maximum atomic E-state index is 11.8. The quantitative estimate of drug-likeness (QED) is 0.818. The summed E-state index contributed by atoms with van der Waals surface area (Å²) in [5, 5.41) is 0. The molecular formula is C12H19N3O2S2. The van der Waals surface area contributed by atoms with Gasteiger partial charge in [-0.05, 0) is 37.4 Å². The summed E-state index contributed by atoms with van der Waals surface area (Å²) < 4.78 is 25.8. The van der Waals surface area contributed by atoms with Gasteiger partial charge in [-0.25, -0.2) is 13.1 Å². The van der Waals surface area contributed by atoms with Crippen LogP contribution in [-0.2, 0) is 10.0 Å². The van der Waals surface area contributed by atoms with Gasteiger partial charge in [0.15, 0.2) is 0 Å². The molecule has 0 spiro atoms. The number of hydrogen-bond donors (Lipinski definition) is 2. The van der Waals surface area contributed by atoms with Gasteiger partial charge in [0.25, 0.3) is 0 Å². The van der Waals surface area contributed by atoms with Gasteiger partial charge in [0, 0.05) is 24.5 Å². The Balaban J connectivity index is 2.28. The number of nitrogens with zero attached hydrogens (tertiary/aromatic N) is 1. The van der Waals surface area contributed by atoms with Crippen molar-refractivity contribution >= 4 is 33.2 Å². The zero-order chi connectivity index (χ0) is 13.9. The molecule has 1 aliphatic rings. The average molecular weight is 301 g/mol. The van der Waals surface area contributed by atoms with Crippen molar-refractivity contribution in [3.05, 3.63) is 18.2 Å². The van der Waals surface area contributed by atoms with Crippen molar-refractivity contribution in [2.24, 2.45) is 0 Å². The molecule has 0 aromatic heterocycles. The molecule has 1 aliphatic heterocycles. The fourth-order valence-corrected chi connectivity index (χ4v) is 3.81. The molecule has 1 heterocycles. The van der Waals surface area contributed by atoms with E-state index in [2.05, 4.69) is 9.62 Å². The van der Waals surface area contributed by atoms with Crippen LogP contribution in [0.4, 0.5) is 11.4 Å². The Morgan fingerprint density at radius 3 is 2.79 bits per heavy atom. The summed E-state index contributed by atoms with van der Waals surface area (Å²) in [7, 11) is -2.10. The van der Waals surface area contributed by atoms with Gasteiger partial charge in [-0.1, -0.05) is 0 Å². The number of anilines is 2. The molecule has 0 aliphatic carbocycles. The maximum absolute atomic E-state index is 11.8. The second-order valence-electron chi connectivity index (χ2n) is 4.38. The molecule has 3 N–H and O–H groups in total. The van der Waals surface area contributed by atoms with Crippen molar-refractivity contribution < 1.29 is 8.42 Å². The first-order chi connectivity index (χ1) is 9.04. The Labute approximate surface area is 118 Å². The standard InChI is InChI=1S/C12H19N3O2S2/c1-14-19(16,17)12-4-3-10(9-11(12)13)15-5-2-7-18-8-6-15/h3-4,9,14H,2,5-8,13H2,1H3. The molecule has 1 aromatic carbocycles. The second kappa shape index (κ2) is 6.02. The highest BCUT2D eigenvalue weighted by Crippen LogP contribution is 2.26. The molecule has 0 unspecified atom stereocenters. The van der Waals surface area contributed by atoms with Gasteiger partial charge in [0.2, 0.25) is 10.0 Å². The number of sulfonamides is 1. The van der Waals surface area contributed by atoms with E-state index in [4.69, 9.17) is 5.73 Å². The molecule has 0 saturated carbocycles. The van der Waals surface area contributed by atoms with E-state index in [1.807, 2.05) is 17.8 Å². The Kier molecular flexibility index (Phi) is 4.59. The monoisotopic (exact) mass is 301 g/mol. The van der Waals surface area contributed by atoms with Gasteiger partial charge >= 0.3 is 0 Å². The Bertz CT molecular complexity index is 538. The predicted octanol–water partition coefficient (Wildman–Crippen LogP) is 1.12. The lowest BCUT2D eigenvalue weighted by molar-refractivity contribution is 0.588. The molecule has 0 atom stereocenters. The number of thioether (sulfide) groups is 1.